The van der Waals surface area contributed by atoms with Crippen LogP contribution in [0.4, 0.5) is 13.2 Å². The molecule has 1 aliphatic rings. The molecule has 0 spiro atoms. The Morgan fingerprint density at radius 2 is 1.90 bits per heavy atom. The lowest BCUT2D eigenvalue weighted by Gasteiger charge is -2.21. The van der Waals surface area contributed by atoms with Crippen LogP contribution in [0.1, 0.15) is 24.0 Å². The maximum Gasteiger partial charge on any atom is 0.401 e. The first-order valence-corrected chi connectivity index (χ1v) is 6.89. The van der Waals surface area contributed by atoms with Gasteiger partial charge in [0.25, 0.3) is 0 Å². The Balaban J connectivity index is 2.05. The minimum absolute atomic E-state index is 0.441. The van der Waals surface area contributed by atoms with Crippen molar-refractivity contribution in [3.63, 3.8) is 0 Å². The quantitative estimate of drug-likeness (QED) is 0.866. The number of nitrogens with two attached hydrogens (primary N) is 1. The summed E-state index contributed by atoms with van der Waals surface area (Å²) in [6.07, 6.45) is -0.239. The minimum atomic E-state index is -4.47. The lowest BCUT2D eigenvalue weighted by molar-refractivity contribution is -0.161. The van der Waals surface area contributed by atoms with Crippen LogP contribution >= 0.6 is 12.2 Å². The maximum atomic E-state index is 12.7. The normalized spacial score (nSPS) is 16.4. The van der Waals surface area contributed by atoms with E-state index in [1.807, 2.05) is 12.1 Å². The molecule has 0 fully saturated rings. The topological polar surface area (TPSA) is 35.2 Å². The van der Waals surface area contributed by atoms with Gasteiger partial charge in [0, 0.05) is 0 Å². The standard InChI is InChI=1S/C14H16F3NOS/c15-14(16,17)12(13(18)20)8-19-11-6-5-9-3-1-2-4-10(9)7-11/h5-7,12H,1-4,8H2,(H2,18,20). The van der Waals surface area contributed by atoms with Crippen molar-refractivity contribution < 1.29 is 17.9 Å². The van der Waals surface area contributed by atoms with Crippen molar-refractivity contribution in [1.29, 1.82) is 0 Å². The van der Waals surface area contributed by atoms with Gasteiger partial charge in [0.05, 0.1) is 4.99 Å². The lowest BCUT2D eigenvalue weighted by atomic mass is 9.92. The predicted octanol–water partition coefficient (Wildman–Crippen LogP) is 3.41. The molecule has 1 aliphatic carbocycles. The summed E-state index contributed by atoms with van der Waals surface area (Å²) in [6.45, 7) is -0.572. The average Bonchev–Trinajstić information content (AvgIpc) is 2.36. The molecule has 110 valence electrons. The highest BCUT2D eigenvalue weighted by molar-refractivity contribution is 7.80. The van der Waals surface area contributed by atoms with E-state index >= 15 is 0 Å². The zero-order chi connectivity index (χ0) is 14.8. The molecule has 0 heterocycles. The molecular formula is C14H16F3NOS. The number of rotatable bonds is 4. The zero-order valence-corrected chi connectivity index (χ0v) is 11.7. The van der Waals surface area contributed by atoms with Gasteiger partial charge in [-0.05, 0) is 48.9 Å². The van der Waals surface area contributed by atoms with Gasteiger partial charge in [-0.3, -0.25) is 0 Å². The van der Waals surface area contributed by atoms with Crippen LogP contribution in [0.3, 0.4) is 0 Å². The second kappa shape index (κ2) is 5.99. The van der Waals surface area contributed by atoms with Gasteiger partial charge in [0.1, 0.15) is 18.3 Å². The molecule has 1 aromatic rings. The van der Waals surface area contributed by atoms with E-state index in [1.165, 1.54) is 5.56 Å². The molecule has 0 bridgehead atoms. The van der Waals surface area contributed by atoms with Gasteiger partial charge in [-0.2, -0.15) is 13.2 Å². The smallest absolute Gasteiger partial charge is 0.401 e. The number of halogens is 3. The fraction of sp³-hybridized carbons (Fsp3) is 0.500. The first-order valence-electron chi connectivity index (χ1n) is 6.48. The maximum absolute atomic E-state index is 12.7. The molecule has 0 amide bonds. The fourth-order valence-electron chi connectivity index (χ4n) is 2.32. The van der Waals surface area contributed by atoms with Gasteiger partial charge in [-0.15, -0.1) is 0 Å². The molecule has 2 rings (SSSR count). The van der Waals surface area contributed by atoms with Gasteiger partial charge in [-0.1, -0.05) is 18.3 Å². The number of benzene rings is 1. The third-order valence-electron chi connectivity index (χ3n) is 3.48. The van der Waals surface area contributed by atoms with Gasteiger partial charge >= 0.3 is 6.18 Å². The van der Waals surface area contributed by atoms with Crippen LogP contribution in [-0.4, -0.2) is 17.8 Å². The monoisotopic (exact) mass is 303 g/mol. The van der Waals surface area contributed by atoms with Gasteiger partial charge in [0.2, 0.25) is 0 Å². The van der Waals surface area contributed by atoms with Crippen LogP contribution in [-0.2, 0) is 12.8 Å². The number of hydrogen-bond donors (Lipinski definition) is 1. The summed E-state index contributed by atoms with van der Waals surface area (Å²) in [5, 5.41) is 0. The van der Waals surface area contributed by atoms with Gasteiger partial charge in [-0.25, -0.2) is 0 Å². The number of alkyl halides is 3. The fourth-order valence-corrected chi connectivity index (χ4v) is 2.52. The van der Waals surface area contributed by atoms with E-state index in [2.05, 4.69) is 12.2 Å². The van der Waals surface area contributed by atoms with Crippen molar-refractivity contribution in [3.8, 4) is 5.75 Å². The number of fused-ring (bicyclic) bond motifs is 1. The molecule has 0 aliphatic heterocycles. The van der Waals surface area contributed by atoms with Crippen molar-refractivity contribution in [2.45, 2.75) is 31.9 Å². The Morgan fingerprint density at radius 3 is 2.50 bits per heavy atom. The van der Waals surface area contributed by atoms with E-state index in [9.17, 15) is 13.2 Å². The summed E-state index contributed by atoms with van der Waals surface area (Å²) in [5.74, 6) is -1.47. The summed E-state index contributed by atoms with van der Waals surface area (Å²) < 4.78 is 43.3. The number of thiocarbonyl (C=S) groups is 1. The Kier molecular flexibility index (Phi) is 4.52. The first-order chi connectivity index (χ1) is 9.38. The van der Waals surface area contributed by atoms with Crippen molar-refractivity contribution in [3.05, 3.63) is 29.3 Å². The molecule has 1 aromatic carbocycles. The Hall–Kier alpha value is -1.30. The Morgan fingerprint density at radius 1 is 1.25 bits per heavy atom. The van der Waals surface area contributed by atoms with Crippen LogP contribution < -0.4 is 10.5 Å². The number of aryl methyl sites for hydroxylation is 2. The third kappa shape index (κ3) is 3.62. The highest BCUT2D eigenvalue weighted by Crippen LogP contribution is 2.29. The lowest BCUT2D eigenvalue weighted by Crippen LogP contribution is -2.38. The summed E-state index contributed by atoms with van der Waals surface area (Å²) in [6, 6.07) is 5.45. The largest absolute Gasteiger partial charge is 0.492 e. The summed E-state index contributed by atoms with van der Waals surface area (Å²) >= 11 is 4.46. The molecule has 0 saturated heterocycles. The molecule has 0 aromatic heterocycles. The van der Waals surface area contributed by atoms with E-state index in [0.717, 1.165) is 31.2 Å². The number of ether oxygens (including phenoxy) is 1. The van der Waals surface area contributed by atoms with Gasteiger partial charge < -0.3 is 10.5 Å². The molecule has 2 N–H and O–H groups in total. The Labute approximate surface area is 121 Å². The van der Waals surface area contributed by atoms with Crippen molar-refractivity contribution in [1.82, 2.24) is 0 Å². The second-order valence-electron chi connectivity index (χ2n) is 4.95. The van der Waals surface area contributed by atoms with Crippen molar-refractivity contribution >= 4 is 17.2 Å². The minimum Gasteiger partial charge on any atom is -0.492 e. The SMILES string of the molecule is NC(=S)C(COc1ccc2c(c1)CCCC2)C(F)(F)F. The van der Waals surface area contributed by atoms with E-state index in [1.54, 1.807) is 6.07 Å². The molecule has 6 heteroatoms. The molecule has 20 heavy (non-hydrogen) atoms. The number of hydrogen-bond acceptors (Lipinski definition) is 2. The molecule has 0 saturated carbocycles. The Bertz CT molecular complexity index is 502. The summed E-state index contributed by atoms with van der Waals surface area (Å²) in [4.78, 5) is -0.588. The predicted molar refractivity (Wildman–Crippen MR) is 74.9 cm³/mol. The second-order valence-corrected chi connectivity index (χ2v) is 5.42. The molecule has 0 radical (unpaired) electrons. The average molecular weight is 303 g/mol. The van der Waals surface area contributed by atoms with Crippen LogP contribution in [0.2, 0.25) is 0 Å². The molecule has 1 unspecified atom stereocenters. The molecule has 2 nitrogen and oxygen atoms in total. The zero-order valence-electron chi connectivity index (χ0n) is 10.9. The summed E-state index contributed by atoms with van der Waals surface area (Å²) in [7, 11) is 0. The molecule has 1 atom stereocenters. The highest BCUT2D eigenvalue weighted by atomic mass is 32.1. The van der Waals surface area contributed by atoms with Crippen LogP contribution in [0.5, 0.6) is 5.75 Å². The third-order valence-corrected chi connectivity index (χ3v) is 3.76. The van der Waals surface area contributed by atoms with Gasteiger partial charge in [0.15, 0.2) is 0 Å². The van der Waals surface area contributed by atoms with Crippen LogP contribution in [0, 0.1) is 5.92 Å². The molecular weight excluding hydrogens is 287 g/mol. The summed E-state index contributed by atoms with van der Waals surface area (Å²) in [5.41, 5.74) is 7.54. The van der Waals surface area contributed by atoms with E-state index < -0.39 is 23.7 Å². The van der Waals surface area contributed by atoms with E-state index in [-0.39, 0.29) is 0 Å². The highest BCUT2D eigenvalue weighted by Gasteiger charge is 2.42. The first kappa shape index (κ1) is 15.1. The van der Waals surface area contributed by atoms with Crippen LogP contribution in [0.25, 0.3) is 0 Å². The van der Waals surface area contributed by atoms with E-state index in [0.29, 0.717) is 5.75 Å². The van der Waals surface area contributed by atoms with Crippen molar-refractivity contribution in [2.24, 2.45) is 11.7 Å². The van der Waals surface area contributed by atoms with Crippen molar-refractivity contribution in [2.75, 3.05) is 6.61 Å². The van der Waals surface area contributed by atoms with E-state index in [4.69, 9.17) is 10.5 Å². The van der Waals surface area contributed by atoms with Crippen LogP contribution in [0.15, 0.2) is 18.2 Å².